The molecular weight excluding hydrogens is 564 g/mol. The van der Waals surface area contributed by atoms with E-state index in [4.69, 9.17) is 23.2 Å². The fraction of sp³-hybridized carbons (Fsp3) is 0.286. The van der Waals surface area contributed by atoms with Gasteiger partial charge in [0.1, 0.15) is 18.4 Å². The second kappa shape index (κ2) is 13.3. The summed E-state index contributed by atoms with van der Waals surface area (Å²) in [7, 11) is -4.25. The Kier molecular flexibility index (Phi) is 10.4. The molecule has 0 saturated carbocycles. The fourth-order valence-corrected chi connectivity index (χ4v) is 5.44. The van der Waals surface area contributed by atoms with Gasteiger partial charge in [0.05, 0.1) is 10.6 Å². The van der Waals surface area contributed by atoms with Crippen molar-refractivity contribution in [1.82, 2.24) is 10.2 Å². The smallest absolute Gasteiger partial charge is 0.264 e. The Balaban J connectivity index is 2.02. The van der Waals surface area contributed by atoms with E-state index in [2.05, 4.69) is 5.32 Å². The molecule has 0 aliphatic carbocycles. The van der Waals surface area contributed by atoms with Gasteiger partial charge < -0.3 is 10.2 Å². The molecule has 0 aliphatic heterocycles. The maximum absolute atomic E-state index is 13.8. The number of nitrogens with one attached hydrogen (secondary N) is 1. The number of carbonyl (C=O) groups is 2. The molecule has 3 aromatic carbocycles. The zero-order chi connectivity index (χ0) is 28.7. The molecule has 208 valence electrons. The van der Waals surface area contributed by atoms with E-state index in [1.54, 1.807) is 19.1 Å². The van der Waals surface area contributed by atoms with Crippen LogP contribution in [0.15, 0.2) is 77.7 Å². The summed E-state index contributed by atoms with van der Waals surface area (Å²) in [4.78, 5) is 28.1. The minimum absolute atomic E-state index is 0.0431. The van der Waals surface area contributed by atoms with Crippen molar-refractivity contribution in [2.75, 3.05) is 10.8 Å². The highest BCUT2D eigenvalue weighted by Crippen LogP contribution is 2.27. The highest BCUT2D eigenvalue weighted by molar-refractivity contribution is 7.92. The lowest BCUT2D eigenvalue weighted by atomic mass is 10.1. The predicted octanol–water partition coefficient (Wildman–Crippen LogP) is 5.66. The largest absolute Gasteiger partial charge is 0.352 e. The normalized spacial score (nSPS) is 12.9. The molecule has 0 fully saturated rings. The maximum Gasteiger partial charge on any atom is 0.264 e. The molecule has 0 saturated heterocycles. The van der Waals surface area contributed by atoms with Crippen LogP contribution in [0.5, 0.6) is 0 Å². The number of anilines is 1. The minimum Gasteiger partial charge on any atom is -0.352 e. The van der Waals surface area contributed by atoms with Crippen LogP contribution in [0, 0.1) is 5.82 Å². The highest BCUT2D eigenvalue weighted by atomic mass is 35.5. The van der Waals surface area contributed by atoms with Gasteiger partial charge in [-0.05, 0) is 80.4 Å². The number of hydrogen-bond donors (Lipinski definition) is 1. The molecule has 0 bridgehead atoms. The number of halogens is 3. The average Bonchev–Trinajstić information content (AvgIpc) is 2.90. The molecule has 2 atom stereocenters. The first-order valence-electron chi connectivity index (χ1n) is 12.3. The molecule has 2 amide bonds. The van der Waals surface area contributed by atoms with Gasteiger partial charge in [-0.25, -0.2) is 12.8 Å². The second-order valence-electron chi connectivity index (χ2n) is 9.09. The molecule has 3 aromatic rings. The van der Waals surface area contributed by atoms with Crippen LogP contribution in [0.1, 0.15) is 32.8 Å². The summed E-state index contributed by atoms with van der Waals surface area (Å²) >= 11 is 12.1. The second-order valence-corrected chi connectivity index (χ2v) is 11.8. The van der Waals surface area contributed by atoms with Gasteiger partial charge >= 0.3 is 0 Å². The Morgan fingerprint density at radius 3 is 2.18 bits per heavy atom. The van der Waals surface area contributed by atoms with Crippen molar-refractivity contribution in [2.45, 2.75) is 50.7 Å². The molecule has 7 nitrogen and oxygen atoms in total. The summed E-state index contributed by atoms with van der Waals surface area (Å²) in [5.41, 5.74) is 0.743. The molecule has 0 radical (unpaired) electrons. The summed E-state index contributed by atoms with van der Waals surface area (Å²) in [6.07, 6.45) is 0.687. The van der Waals surface area contributed by atoms with Crippen molar-refractivity contribution in [1.29, 1.82) is 0 Å². The van der Waals surface area contributed by atoms with Gasteiger partial charge in [-0.3, -0.25) is 13.9 Å². The fourth-order valence-electron chi connectivity index (χ4n) is 3.73. The van der Waals surface area contributed by atoms with Gasteiger partial charge in [0, 0.05) is 22.6 Å². The number of hydrogen-bond acceptors (Lipinski definition) is 4. The molecule has 11 heteroatoms. The van der Waals surface area contributed by atoms with Crippen LogP contribution in [0.3, 0.4) is 0 Å². The minimum atomic E-state index is -4.25. The first-order valence-corrected chi connectivity index (χ1v) is 14.5. The van der Waals surface area contributed by atoms with Crippen molar-refractivity contribution in [3.8, 4) is 0 Å². The highest BCUT2D eigenvalue weighted by Gasteiger charge is 2.33. The lowest BCUT2D eigenvalue weighted by Gasteiger charge is -2.32. The summed E-state index contributed by atoms with van der Waals surface area (Å²) in [5, 5.41) is 3.49. The number of rotatable bonds is 11. The lowest BCUT2D eigenvalue weighted by Crippen LogP contribution is -2.52. The third kappa shape index (κ3) is 7.94. The van der Waals surface area contributed by atoms with Crippen LogP contribution in [0.2, 0.25) is 10.0 Å². The lowest BCUT2D eigenvalue weighted by molar-refractivity contribution is -0.139. The quantitative estimate of drug-likeness (QED) is 0.311. The Hall–Kier alpha value is -3.14. The van der Waals surface area contributed by atoms with Crippen molar-refractivity contribution < 1.29 is 22.4 Å². The van der Waals surface area contributed by atoms with Crippen LogP contribution in [-0.4, -0.2) is 43.8 Å². The number of nitrogens with zero attached hydrogens (tertiary/aromatic N) is 2. The Labute approximate surface area is 238 Å². The van der Waals surface area contributed by atoms with Crippen LogP contribution < -0.4 is 9.62 Å². The van der Waals surface area contributed by atoms with Crippen molar-refractivity contribution in [3.63, 3.8) is 0 Å². The molecular formula is C28H30Cl2FN3O4S. The third-order valence-corrected chi connectivity index (χ3v) is 8.49. The van der Waals surface area contributed by atoms with E-state index in [1.165, 1.54) is 65.6 Å². The number of amides is 2. The molecule has 0 heterocycles. The van der Waals surface area contributed by atoms with Crippen LogP contribution in [0.25, 0.3) is 0 Å². The Bertz CT molecular complexity index is 1400. The molecule has 0 aliphatic rings. The van der Waals surface area contributed by atoms with Gasteiger partial charge in [0.2, 0.25) is 11.8 Å². The first kappa shape index (κ1) is 30.4. The number of sulfonamides is 1. The Morgan fingerprint density at radius 2 is 1.59 bits per heavy atom. The van der Waals surface area contributed by atoms with Crippen molar-refractivity contribution in [2.24, 2.45) is 0 Å². The molecule has 1 N–H and O–H groups in total. The van der Waals surface area contributed by atoms with E-state index < -0.39 is 40.2 Å². The van der Waals surface area contributed by atoms with E-state index in [0.29, 0.717) is 17.0 Å². The standard InChI is InChI=1S/C28H30Cl2FN3O4S/c1-4-19(2)32-28(36)20(3)33(17-21-8-12-24(31)13-9-21)27(35)18-34(25-7-5-6-23(30)16-25)39(37,38)26-14-10-22(29)11-15-26/h5-16,19-20H,4,17-18H2,1-3H3,(H,32,36). The predicted molar refractivity (Wildman–Crippen MR) is 152 cm³/mol. The molecule has 3 rings (SSSR count). The maximum atomic E-state index is 13.8. The number of carbonyl (C=O) groups excluding carboxylic acids is 2. The van der Waals surface area contributed by atoms with E-state index in [1.807, 2.05) is 13.8 Å². The zero-order valence-corrected chi connectivity index (χ0v) is 24.1. The van der Waals surface area contributed by atoms with E-state index in [9.17, 15) is 22.4 Å². The van der Waals surface area contributed by atoms with Crippen LogP contribution >= 0.6 is 23.2 Å². The van der Waals surface area contributed by atoms with Crippen LogP contribution in [0.4, 0.5) is 10.1 Å². The SMILES string of the molecule is CCC(C)NC(=O)C(C)N(Cc1ccc(F)cc1)C(=O)CN(c1cccc(Cl)c1)S(=O)(=O)c1ccc(Cl)cc1. The summed E-state index contributed by atoms with van der Waals surface area (Å²) in [5.74, 6) is -1.47. The summed E-state index contributed by atoms with van der Waals surface area (Å²) in [6, 6.07) is 16.1. The first-order chi connectivity index (χ1) is 18.4. The molecule has 39 heavy (non-hydrogen) atoms. The molecule has 2 unspecified atom stereocenters. The van der Waals surface area contributed by atoms with Crippen LogP contribution in [-0.2, 0) is 26.2 Å². The van der Waals surface area contributed by atoms with E-state index in [0.717, 1.165) is 4.31 Å². The van der Waals surface area contributed by atoms with Gasteiger partial charge in [0.25, 0.3) is 10.0 Å². The molecule has 0 aromatic heterocycles. The summed E-state index contributed by atoms with van der Waals surface area (Å²) < 4.78 is 42.0. The van der Waals surface area contributed by atoms with Gasteiger partial charge in [-0.1, -0.05) is 48.3 Å². The number of benzene rings is 3. The zero-order valence-electron chi connectivity index (χ0n) is 21.8. The Morgan fingerprint density at radius 1 is 0.949 bits per heavy atom. The van der Waals surface area contributed by atoms with Gasteiger partial charge in [0.15, 0.2) is 0 Å². The topological polar surface area (TPSA) is 86.8 Å². The molecule has 0 spiro atoms. The van der Waals surface area contributed by atoms with Crippen molar-refractivity contribution in [3.05, 3.63) is 94.2 Å². The third-order valence-electron chi connectivity index (χ3n) is 6.21. The van der Waals surface area contributed by atoms with Gasteiger partial charge in [-0.2, -0.15) is 0 Å². The monoisotopic (exact) mass is 593 g/mol. The van der Waals surface area contributed by atoms with E-state index in [-0.39, 0.29) is 28.2 Å². The van der Waals surface area contributed by atoms with E-state index >= 15 is 0 Å². The van der Waals surface area contributed by atoms with Gasteiger partial charge in [-0.15, -0.1) is 0 Å². The average molecular weight is 595 g/mol. The summed E-state index contributed by atoms with van der Waals surface area (Å²) in [6.45, 7) is 4.67. The van der Waals surface area contributed by atoms with Crippen molar-refractivity contribution >= 4 is 50.7 Å².